The van der Waals surface area contributed by atoms with E-state index in [9.17, 15) is 9.59 Å². The molecule has 2 N–H and O–H groups in total. The number of hydrogen-bond donors (Lipinski definition) is 2. The normalized spacial score (nSPS) is 10.2. The monoisotopic (exact) mass is 303 g/mol. The van der Waals surface area contributed by atoms with Gasteiger partial charge in [0.15, 0.2) is 0 Å². The van der Waals surface area contributed by atoms with E-state index in [1.807, 2.05) is 0 Å². The number of halogens is 1. The molecule has 0 heterocycles. The van der Waals surface area contributed by atoms with E-state index < -0.39 is 5.97 Å². The summed E-state index contributed by atoms with van der Waals surface area (Å²) in [5, 5.41) is 12.3. The lowest BCUT2D eigenvalue weighted by Gasteiger charge is -2.10. The van der Waals surface area contributed by atoms with Crippen LogP contribution in [0.4, 0.5) is 5.69 Å². The van der Waals surface area contributed by atoms with Gasteiger partial charge in [0.2, 0.25) is 5.91 Å². The van der Waals surface area contributed by atoms with E-state index in [1.54, 1.807) is 43.3 Å². The SMILES string of the molecule is Cc1ccc(NC(=O)Cc2ccccc2Cl)c(C(=O)O)c1. The maximum absolute atomic E-state index is 12.0. The van der Waals surface area contributed by atoms with Crippen LogP contribution in [-0.4, -0.2) is 17.0 Å². The lowest BCUT2D eigenvalue weighted by atomic mass is 10.1. The van der Waals surface area contributed by atoms with Gasteiger partial charge in [-0.05, 0) is 30.7 Å². The highest BCUT2D eigenvalue weighted by Gasteiger charge is 2.13. The molecule has 0 fully saturated rings. The van der Waals surface area contributed by atoms with Crippen LogP contribution in [0.1, 0.15) is 21.5 Å². The van der Waals surface area contributed by atoms with Crippen LogP contribution in [0.25, 0.3) is 0 Å². The quantitative estimate of drug-likeness (QED) is 0.908. The molecule has 0 aliphatic rings. The van der Waals surface area contributed by atoms with Crippen molar-refractivity contribution in [1.82, 2.24) is 0 Å². The highest BCUT2D eigenvalue weighted by atomic mass is 35.5. The van der Waals surface area contributed by atoms with Gasteiger partial charge in [-0.3, -0.25) is 4.79 Å². The summed E-state index contributed by atoms with van der Waals surface area (Å²) in [6, 6.07) is 11.9. The summed E-state index contributed by atoms with van der Waals surface area (Å²) in [5.74, 6) is -1.39. The molecule has 4 nitrogen and oxygen atoms in total. The Hall–Kier alpha value is -2.33. The molecule has 108 valence electrons. The lowest BCUT2D eigenvalue weighted by Crippen LogP contribution is -2.17. The predicted octanol–water partition coefficient (Wildman–Crippen LogP) is 3.53. The number of aromatic carboxylic acids is 1. The van der Waals surface area contributed by atoms with E-state index in [1.165, 1.54) is 6.07 Å². The Labute approximate surface area is 127 Å². The van der Waals surface area contributed by atoms with Crippen LogP contribution >= 0.6 is 11.6 Å². The fraction of sp³-hybridized carbons (Fsp3) is 0.125. The molecule has 0 saturated carbocycles. The minimum Gasteiger partial charge on any atom is -0.478 e. The van der Waals surface area contributed by atoms with Crippen molar-refractivity contribution in [2.24, 2.45) is 0 Å². The topological polar surface area (TPSA) is 66.4 Å². The predicted molar refractivity (Wildman–Crippen MR) is 81.9 cm³/mol. The summed E-state index contributed by atoms with van der Waals surface area (Å²) in [7, 11) is 0. The molecule has 2 aromatic rings. The molecular formula is C16H14ClNO3. The molecule has 1 amide bonds. The van der Waals surface area contributed by atoms with Crippen molar-refractivity contribution < 1.29 is 14.7 Å². The summed E-state index contributed by atoms with van der Waals surface area (Å²) < 4.78 is 0. The maximum atomic E-state index is 12.0. The summed E-state index contributed by atoms with van der Waals surface area (Å²) >= 11 is 6.00. The number of carboxylic acid groups (broad SMARTS) is 1. The molecule has 2 aromatic carbocycles. The third-order valence-corrected chi connectivity index (χ3v) is 3.36. The van der Waals surface area contributed by atoms with E-state index in [2.05, 4.69) is 5.32 Å². The van der Waals surface area contributed by atoms with Gasteiger partial charge in [-0.1, -0.05) is 41.4 Å². The smallest absolute Gasteiger partial charge is 0.337 e. The number of hydrogen-bond acceptors (Lipinski definition) is 2. The summed E-state index contributed by atoms with van der Waals surface area (Å²) in [6.45, 7) is 1.79. The van der Waals surface area contributed by atoms with E-state index in [0.717, 1.165) is 5.56 Å². The van der Waals surface area contributed by atoms with Gasteiger partial charge < -0.3 is 10.4 Å². The van der Waals surface area contributed by atoms with Crippen molar-refractivity contribution in [3.63, 3.8) is 0 Å². The van der Waals surface area contributed by atoms with Crippen LogP contribution in [0.5, 0.6) is 0 Å². The maximum Gasteiger partial charge on any atom is 0.337 e. The number of amides is 1. The summed E-state index contributed by atoms with van der Waals surface area (Å²) in [5.41, 5.74) is 1.87. The van der Waals surface area contributed by atoms with Gasteiger partial charge in [0.05, 0.1) is 17.7 Å². The fourth-order valence-electron chi connectivity index (χ4n) is 1.95. The highest BCUT2D eigenvalue weighted by molar-refractivity contribution is 6.31. The first-order chi connectivity index (χ1) is 9.97. The molecule has 0 radical (unpaired) electrons. The van der Waals surface area contributed by atoms with Crippen molar-refractivity contribution in [1.29, 1.82) is 0 Å². The van der Waals surface area contributed by atoms with Crippen molar-refractivity contribution in [2.75, 3.05) is 5.32 Å². The second kappa shape index (κ2) is 6.41. The van der Waals surface area contributed by atoms with Gasteiger partial charge in [0.25, 0.3) is 0 Å². The van der Waals surface area contributed by atoms with Gasteiger partial charge in [-0.25, -0.2) is 4.79 Å². The number of anilines is 1. The number of carbonyl (C=O) groups is 2. The van der Waals surface area contributed by atoms with Gasteiger partial charge in [0.1, 0.15) is 0 Å². The third-order valence-electron chi connectivity index (χ3n) is 2.99. The zero-order chi connectivity index (χ0) is 15.4. The summed E-state index contributed by atoms with van der Waals surface area (Å²) in [4.78, 5) is 23.2. The minimum absolute atomic E-state index is 0.0718. The minimum atomic E-state index is -1.08. The molecule has 0 bridgehead atoms. The molecule has 5 heteroatoms. The average molecular weight is 304 g/mol. The largest absolute Gasteiger partial charge is 0.478 e. The van der Waals surface area contributed by atoms with Crippen LogP contribution in [-0.2, 0) is 11.2 Å². The van der Waals surface area contributed by atoms with Crippen molar-refractivity contribution in [3.8, 4) is 0 Å². The third kappa shape index (κ3) is 3.83. The van der Waals surface area contributed by atoms with Crippen LogP contribution in [0.2, 0.25) is 5.02 Å². The molecule has 0 unspecified atom stereocenters. The second-order valence-corrected chi connectivity index (χ2v) is 5.08. The lowest BCUT2D eigenvalue weighted by molar-refractivity contribution is -0.115. The Morgan fingerprint density at radius 3 is 2.57 bits per heavy atom. The molecule has 21 heavy (non-hydrogen) atoms. The Morgan fingerprint density at radius 1 is 1.19 bits per heavy atom. The Kier molecular flexibility index (Phi) is 4.60. The first-order valence-corrected chi connectivity index (χ1v) is 6.72. The van der Waals surface area contributed by atoms with Gasteiger partial charge in [-0.15, -0.1) is 0 Å². The number of benzene rings is 2. The Bertz CT molecular complexity index is 698. The van der Waals surface area contributed by atoms with Crippen LogP contribution in [0.3, 0.4) is 0 Å². The average Bonchev–Trinajstić information content (AvgIpc) is 2.43. The van der Waals surface area contributed by atoms with Gasteiger partial charge >= 0.3 is 5.97 Å². The number of aryl methyl sites for hydroxylation is 1. The zero-order valence-corrected chi connectivity index (χ0v) is 12.1. The molecule has 0 saturated heterocycles. The van der Waals surface area contributed by atoms with E-state index in [0.29, 0.717) is 10.6 Å². The van der Waals surface area contributed by atoms with Gasteiger partial charge in [0, 0.05) is 5.02 Å². The Balaban J connectivity index is 2.17. The number of carboxylic acids is 1. The van der Waals surface area contributed by atoms with Crippen molar-refractivity contribution in [3.05, 3.63) is 64.2 Å². The van der Waals surface area contributed by atoms with Crippen molar-refractivity contribution in [2.45, 2.75) is 13.3 Å². The zero-order valence-electron chi connectivity index (χ0n) is 11.4. The molecule has 0 aromatic heterocycles. The molecule has 0 aliphatic carbocycles. The van der Waals surface area contributed by atoms with E-state index in [4.69, 9.17) is 16.7 Å². The van der Waals surface area contributed by atoms with Crippen molar-refractivity contribution >= 4 is 29.2 Å². The summed E-state index contributed by atoms with van der Waals surface area (Å²) in [6.07, 6.45) is 0.0899. The van der Waals surface area contributed by atoms with Crippen LogP contribution < -0.4 is 5.32 Å². The number of carbonyl (C=O) groups excluding carboxylic acids is 1. The first-order valence-electron chi connectivity index (χ1n) is 6.34. The van der Waals surface area contributed by atoms with E-state index >= 15 is 0 Å². The molecular weight excluding hydrogens is 290 g/mol. The first kappa shape index (κ1) is 15.1. The van der Waals surface area contributed by atoms with Crippen LogP contribution in [0, 0.1) is 6.92 Å². The molecule has 0 aliphatic heterocycles. The Morgan fingerprint density at radius 2 is 1.90 bits per heavy atom. The van der Waals surface area contributed by atoms with Gasteiger partial charge in [-0.2, -0.15) is 0 Å². The number of nitrogens with one attached hydrogen (secondary N) is 1. The molecule has 2 rings (SSSR count). The molecule has 0 spiro atoms. The second-order valence-electron chi connectivity index (χ2n) is 4.67. The molecule has 0 atom stereocenters. The standard InChI is InChI=1S/C16H14ClNO3/c1-10-6-7-14(12(8-10)16(20)21)18-15(19)9-11-4-2-3-5-13(11)17/h2-8H,9H2,1H3,(H,18,19)(H,20,21). The number of rotatable bonds is 4. The fourth-order valence-corrected chi connectivity index (χ4v) is 2.16. The van der Waals surface area contributed by atoms with E-state index in [-0.39, 0.29) is 23.6 Å². The van der Waals surface area contributed by atoms with Crippen LogP contribution in [0.15, 0.2) is 42.5 Å². The highest BCUT2D eigenvalue weighted by Crippen LogP contribution is 2.19.